The molecule has 2 N–H and O–H groups in total. The summed E-state index contributed by atoms with van der Waals surface area (Å²) >= 11 is 0. The number of hydrogen-bond donors (Lipinski definition) is 2. The Morgan fingerprint density at radius 2 is 1.55 bits per heavy atom. The number of carbonyl (C=O) groups excluding carboxylic acids is 3. The zero-order valence-corrected chi connectivity index (χ0v) is 24.1. The number of hydrogen-bond acceptors (Lipinski definition) is 4. The summed E-state index contributed by atoms with van der Waals surface area (Å²) < 4.78 is 5.47. The third-order valence-corrected chi connectivity index (χ3v) is 6.54. The Balaban J connectivity index is 2.01. The number of benzene rings is 2. The Bertz CT molecular complexity index is 1130. The number of ether oxygens (including phenoxy) is 1. The lowest BCUT2D eigenvalue weighted by Crippen LogP contribution is -2.53. The Labute approximate surface area is 227 Å². The van der Waals surface area contributed by atoms with E-state index >= 15 is 0 Å². The maximum atomic E-state index is 14.2. The fourth-order valence-corrected chi connectivity index (χ4v) is 4.58. The molecule has 2 aromatic carbocycles. The third kappa shape index (κ3) is 7.83. The lowest BCUT2D eigenvalue weighted by Gasteiger charge is -2.35. The van der Waals surface area contributed by atoms with Crippen molar-refractivity contribution < 1.29 is 19.1 Å². The standard InChI is InChI=1S/C31H43N3O4/c1-19(2)18-25(32-30(37)38-31(6,7)8)29(36)34(24-16-17-24)27(23-14-12-20(3)13-15-23)28(35)33-26-21(4)10-9-11-22(26)5/h9-15,19,24-25,27H,16-18H2,1-8H3,(H,32,37)(H,33,35). The number of nitrogens with one attached hydrogen (secondary N) is 2. The molecule has 2 aromatic rings. The number of nitrogens with zero attached hydrogens (tertiary/aromatic N) is 1. The van der Waals surface area contributed by atoms with Crippen LogP contribution in [0.2, 0.25) is 0 Å². The second kappa shape index (κ2) is 12.0. The van der Waals surface area contributed by atoms with Gasteiger partial charge in [0.1, 0.15) is 17.7 Å². The predicted octanol–water partition coefficient (Wildman–Crippen LogP) is 6.22. The summed E-state index contributed by atoms with van der Waals surface area (Å²) in [4.78, 5) is 42.6. The minimum Gasteiger partial charge on any atom is -0.444 e. The zero-order valence-electron chi connectivity index (χ0n) is 24.1. The van der Waals surface area contributed by atoms with E-state index in [1.165, 1.54) is 0 Å². The van der Waals surface area contributed by atoms with E-state index in [0.717, 1.165) is 40.8 Å². The smallest absolute Gasteiger partial charge is 0.408 e. The molecule has 0 bridgehead atoms. The van der Waals surface area contributed by atoms with Crippen molar-refractivity contribution in [2.45, 2.75) is 98.4 Å². The zero-order chi connectivity index (χ0) is 28.2. The van der Waals surface area contributed by atoms with Gasteiger partial charge in [-0.05, 0) is 83.4 Å². The molecular formula is C31H43N3O4. The van der Waals surface area contributed by atoms with E-state index in [-0.39, 0.29) is 23.8 Å². The summed E-state index contributed by atoms with van der Waals surface area (Å²) in [6, 6.07) is 11.9. The third-order valence-electron chi connectivity index (χ3n) is 6.54. The Kier molecular flexibility index (Phi) is 9.23. The van der Waals surface area contributed by atoms with Crippen molar-refractivity contribution >= 4 is 23.6 Å². The SMILES string of the molecule is Cc1ccc(C(C(=O)Nc2c(C)cccc2C)N(C(=O)C(CC(C)C)NC(=O)OC(C)(C)C)C2CC2)cc1. The number of para-hydroxylation sites is 1. The summed E-state index contributed by atoms with van der Waals surface area (Å²) in [6.45, 7) is 15.3. The van der Waals surface area contributed by atoms with Gasteiger partial charge in [0.15, 0.2) is 0 Å². The van der Waals surface area contributed by atoms with Crippen LogP contribution in [-0.4, -0.2) is 40.5 Å². The normalized spacial score (nSPS) is 15.0. The maximum Gasteiger partial charge on any atom is 0.408 e. The summed E-state index contributed by atoms with van der Waals surface area (Å²) in [5.41, 5.74) is 3.77. The molecule has 1 fully saturated rings. The van der Waals surface area contributed by atoms with Crippen LogP contribution < -0.4 is 10.6 Å². The van der Waals surface area contributed by atoms with Gasteiger partial charge in [-0.3, -0.25) is 9.59 Å². The van der Waals surface area contributed by atoms with Crippen LogP contribution in [0.25, 0.3) is 0 Å². The van der Waals surface area contributed by atoms with E-state index in [4.69, 9.17) is 4.74 Å². The minimum atomic E-state index is -0.843. The van der Waals surface area contributed by atoms with Crippen LogP contribution in [0.5, 0.6) is 0 Å². The molecule has 3 amide bonds. The van der Waals surface area contributed by atoms with Crippen LogP contribution in [0.15, 0.2) is 42.5 Å². The van der Waals surface area contributed by atoms with Gasteiger partial charge in [0.25, 0.3) is 5.91 Å². The molecule has 0 radical (unpaired) electrons. The lowest BCUT2D eigenvalue weighted by atomic mass is 9.98. The number of alkyl carbamates (subject to hydrolysis) is 1. The minimum absolute atomic E-state index is 0.0763. The van der Waals surface area contributed by atoms with E-state index in [2.05, 4.69) is 10.6 Å². The first-order valence-corrected chi connectivity index (χ1v) is 13.5. The van der Waals surface area contributed by atoms with Crippen LogP contribution in [0.1, 0.15) is 82.2 Å². The number of rotatable bonds is 9. The van der Waals surface area contributed by atoms with Gasteiger partial charge in [-0.2, -0.15) is 0 Å². The van der Waals surface area contributed by atoms with E-state index in [1.54, 1.807) is 25.7 Å². The molecule has 2 atom stereocenters. The van der Waals surface area contributed by atoms with Crippen molar-refractivity contribution in [2.24, 2.45) is 5.92 Å². The van der Waals surface area contributed by atoms with E-state index in [9.17, 15) is 14.4 Å². The summed E-state index contributed by atoms with van der Waals surface area (Å²) in [5.74, 6) is -0.400. The van der Waals surface area contributed by atoms with E-state index in [1.807, 2.05) is 77.1 Å². The fraction of sp³-hybridized carbons (Fsp3) is 0.516. The van der Waals surface area contributed by atoms with Gasteiger partial charge in [0.2, 0.25) is 5.91 Å². The molecule has 1 aliphatic carbocycles. The summed E-state index contributed by atoms with van der Waals surface area (Å²) in [5, 5.41) is 5.92. The van der Waals surface area contributed by atoms with Crippen molar-refractivity contribution in [3.63, 3.8) is 0 Å². The largest absolute Gasteiger partial charge is 0.444 e. The molecule has 38 heavy (non-hydrogen) atoms. The molecule has 1 aliphatic rings. The first-order valence-electron chi connectivity index (χ1n) is 13.5. The second-order valence-corrected chi connectivity index (χ2v) is 11.9. The van der Waals surface area contributed by atoms with Gasteiger partial charge in [-0.25, -0.2) is 4.79 Å². The van der Waals surface area contributed by atoms with Crippen molar-refractivity contribution in [3.05, 3.63) is 64.7 Å². The molecule has 3 rings (SSSR count). The van der Waals surface area contributed by atoms with Gasteiger partial charge in [0.05, 0.1) is 0 Å². The average molecular weight is 522 g/mol. The molecule has 0 aromatic heterocycles. The van der Waals surface area contributed by atoms with Gasteiger partial charge in [-0.15, -0.1) is 0 Å². The number of carbonyl (C=O) groups is 3. The lowest BCUT2D eigenvalue weighted by molar-refractivity contribution is -0.141. The highest BCUT2D eigenvalue weighted by atomic mass is 16.6. The van der Waals surface area contributed by atoms with Crippen LogP contribution in [-0.2, 0) is 14.3 Å². The van der Waals surface area contributed by atoms with Crippen LogP contribution in [0, 0.1) is 26.7 Å². The van der Waals surface area contributed by atoms with Crippen LogP contribution in [0.3, 0.4) is 0 Å². The molecule has 7 nitrogen and oxygen atoms in total. The van der Waals surface area contributed by atoms with Gasteiger partial charge in [-0.1, -0.05) is 61.9 Å². The first kappa shape index (κ1) is 29.2. The van der Waals surface area contributed by atoms with Crippen LogP contribution >= 0.6 is 0 Å². The van der Waals surface area contributed by atoms with Crippen LogP contribution in [0.4, 0.5) is 10.5 Å². The first-order chi connectivity index (χ1) is 17.8. The Morgan fingerprint density at radius 1 is 0.974 bits per heavy atom. The molecule has 1 saturated carbocycles. The Morgan fingerprint density at radius 3 is 2.05 bits per heavy atom. The highest BCUT2D eigenvalue weighted by molar-refractivity contribution is 6.00. The number of amides is 3. The highest BCUT2D eigenvalue weighted by Gasteiger charge is 2.44. The van der Waals surface area contributed by atoms with Gasteiger partial charge >= 0.3 is 6.09 Å². The van der Waals surface area contributed by atoms with Crippen molar-refractivity contribution in [1.82, 2.24) is 10.2 Å². The Hall–Kier alpha value is -3.35. The van der Waals surface area contributed by atoms with Crippen molar-refractivity contribution in [3.8, 4) is 0 Å². The van der Waals surface area contributed by atoms with Crippen molar-refractivity contribution in [2.75, 3.05) is 5.32 Å². The fourth-order valence-electron chi connectivity index (χ4n) is 4.58. The molecule has 0 heterocycles. The van der Waals surface area contributed by atoms with Crippen molar-refractivity contribution in [1.29, 1.82) is 0 Å². The maximum absolute atomic E-state index is 14.2. The highest BCUT2D eigenvalue weighted by Crippen LogP contribution is 2.37. The van der Waals surface area contributed by atoms with E-state index in [0.29, 0.717) is 6.42 Å². The van der Waals surface area contributed by atoms with Gasteiger partial charge < -0.3 is 20.3 Å². The topological polar surface area (TPSA) is 87.7 Å². The summed E-state index contributed by atoms with van der Waals surface area (Å²) in [6.07, 6.45) is 1.41. The quantitative estimate of drug-likeness (QED) is 0.410. The monoisotopic (exact) mass is 521 g/mol. The summed E-state index contributed by atoms with van der Waals surface area (Å²) in [7, 11) is 0. The second-order valence-electron chi connectivity index (χ2n) is 11.9. The number of aryl methyl sites for hydroxylation is 3. The molecule has 2 unspecified atom stereocenters. The molecule has 206 valence electrons. The molecule has 0 spiro atoms. The van der Waals surface area contributed by atoms with E-state index < -0.39 is 23.8 Å². The molecular weight excluding hydrogens is 478 g/mol. The molecule has 0 saturated heterocycles. The number of anilines is 1. The average Bonchev–Trinajstić information content (AvgIpc) is 3.63. The molecule has 0 aliphatic heterocycles. The molecule has 7 heteroatoms. The predicted molar refractivity (Wildman–Crippen MR) is 151 cm³/mol. The van der Waals surface area contributed by atoms with Gasteiger partial charge in [0, 0.05) is 11.7 Å².